The van der Waals surface area contributed by atoms with E-state index in [9.17, 15) is 0 Å². The smallest absolute Gasteiger partial charge is 0.163 e. The minimum absolute atomic E-state index is 0.0284. The molecule has 2 rings (SSSR count). The highest BCUT2D eigenvalue weighted by Crippen LogP contribution is 2.37. The third kappa shape index (κ3) is 1.17. The van der Waals surface area contributed by atoms with Gasteiger partial charge in [-0.2, -0.15) is 0 Å². The number of hydrogen-bond acceptors (Lipinski definition) is 3. The van der Waals surface area contributed by atoms with Crippen LogP contribution < -0.4 is 5.73 Å². The van der Waals surface area contributed by atoms with Crippen molar-refractivity contribution in [1.82, 2.24) is 0 Å². The van der Waals surface area contributed by atoms with Gasteiger partial charge in [0.25, 0.3) is 0 Å². The Morgan fingerprint density at radius 3 is 2.91 bits per heavy atom. The van der Waals surface area contributed by atoms with Crippen LogP contribution in [0.1, 0.15) is 28.0 Å². The van der Waals surface area contributed by atoms with Gasteiger partial charge in [0.2, 0.25) is 0 Å². The number of fused-ring (bicyclic) bond motifs is 1. The molecule has 0 radical (unpaired) electrons. The van der Waals surface area contributed by atoms with E-state index in [1.807, 2.05) is 13.8 Å². The Labute approximate surface area is 68.3 Å². The van der Waals surface area contributed by atoms with Crippen molar-refractivity contribution in [2.45, 2.75) is 50.7 Å². The van der Waals surface area contributed by atoms with Crippen LogP contribution in [0.4, 0.5) is 0 Å². The standard InChI is InChI=1S/C8H15NO2/c1-8(2)10-6-4-3-5(9)7(6)11-8/h5-7H,3-4,9H2,1-2H3/t5-,6-,7+/m1/s1/i4T/t4?,5-,6-,7+. The molecule has 1 aliphatic heterocycles. The molecule has 3 nitrogen and oxygen atoms in total. The molecule has 4 atom stereocenters. The van der Waals surface area contributed by atoms with Gasteiger partial charge in [0, 0.05) is 7.41 Å². The van der Waals surface area contributed by atoms with Crippen LogP contribution >= 0.6 is 0 Å². The van der Waals surface area contributed by atoms with Crippen molar-refractivity contribution in [3.63, 3.8) is 0 Å². The van der Waals surface area contributed by atoms with Crippen LogP contribution in [0.2, 0.25) is 0 Å². The molecule has 0 aromatic heterocycles. The van der Waals surface area contributed by atoms with Crippen LogP contribution in [0.5, 0.6) is 0 Å². The molecule has 1 saturated carbocycles. The van der Waals surface area contributed by atoms with Crippen molar-refractivity contribution in [3.05, 3.63) is 0 Å². The molecule has 11 heavy (non-hydrogen) atoms. The molecule has 0 aromatic rings. The van der Waals surface area contributed by atoms with Gasteiger partial charge in [-0.25, -0.2) is 0 Å². The van der Waals surface area contributed by atoms with Gasteiger partial charge in [-0.15, -0.1) is 0 Å². The highest BCUT2D eigenvalue weighted by molar-refractivity contribution is 4.94. The lowest BCUT2D eigenvalue weighted by molar-refractivity contribution is -0.152. The maximum Gasteiger partial charge on any atom is 0.163 e. The molecule has 64 valence electrons. The topological polar surface area (TPSA) is 44.5 Å². The first-order chi connectivity index (χ1) is 5.49. The van der Waals surface area contributed by atoms with E-state index in [1.165, 1.54) is 0 Å². The fourth-order valence-corrected chi connectivity index (χ4v) is 1.76. The number of hydrogen-bond donors (Lipinski definition) is 1. The molecule has 1 saturated heterocycles. The zero-order valence-electron chi connectivity index (χ0n) is 7.91. The fourth-order valence-electron chi connectivity index (χ4n) is 1.76. The molecule has 2 aliphatic rings. The van der Waals surface area contributed by atoms with Gasteiger partial charge in [-0.3, -0.25) is 0 Å². The van der Waals surface area contributed by atoms with E-state index in [0.717, 1.165) is 0 Å². The zero-order chi connectivity index (χ0) is 8.93. The molecule has 0 spiro atoms. The summed E-state index contributed by atoms with van der Waals surface area (Å²) in [6, 6.07) is -0.0284. The first kappa shape index (κ1) is 6.40. The maximum atomic E-state index is 7.68. The average Bonchev–Trinajstić information content (AvgIpc) is 2.34. The minimum Gasteiger partial charge on any atom is -0.345 e. The summed E-state index contributed by atoms with van der Waals surface area (Å²) in [5, 5.41) is 0. The second-order valence-corrected chi connectivity index (χ2v) is 3.70. The predicted octanol–water partition coefficient (Wildman–Crippen LogP) is 0.628. The first-order valence-electron chi connectivity index (χ1n) is 4.61. The molecule has 0 bridgehead atoms. The van der Waals surface area contributed by atoms with Gasteiger partial charge in [0.1, 0.15) is 6.10 Å². The summed E-state index contributed by atoms with van der Waals surface area (Å²) >= 11 is 0. The summed E-state index contributed by atoms with van der Waals surface area (Å²) in [5.41, 5.74) is 5.81. The average molecular weight is 159 g/mol. The van der Waals surface area contributed by atoms with Gasteiger partial charge in [0.05, 0.1) is 6.10 Å². The molecule has 2 N–H and O–H groups in total. The normalized spacial score (nSPS) is 55.7. The Morgan fingerprint density at radius 2 is 2.27 bits per heavy atom. The van der Waals surface area contributed by atoms with Crippen molar-refractivity contribution < 1.29 is 10.8 Å². The summed E-state index contributed by atoms with van der Waals surface area (Å²) < 4.78 is 18.8. The van der Waals surface area contributed by atoms with E-state index in [0.29, 0.717) is 6.42 Å². The Hall–Kier alpha value is -0.120. The lowest BCUT2D eigenvalue weighted by atomic mass is 10.2. The monoisotopic (exact) mass is 159 g/mol. The van der Waals surface area contributed by atoms with Gasteiger partial charge in [-0.1, -0.05) is 0 Å². The lowest BCUT2D eigenvalue weighted by Crippen LogP contribution is -2.34. The van der Waals surface area contributed by atoms with Crippen molar-refractivity contribution in [1.29, 1.82) is 0 Å². The molecule has 0 aromatic carbocycles. The van der Waals surface area contributed by atoms with Gasteiger partial charge < -0.3 is 15.2 Å². The summed E-state index contributed by atoms with van der Waals surface area (Å²) in [5.74, 6) is -0.549. The summed E-state index contributed by atoms with van der Waals surface area (Å²) in [4.78, 5) is 0. The van der Waals surface area contributed by atoms with E-state index in [4.69, 9.17) is 16.6 Å². The largest absolute Gasteiger partial charge is 0.345 e. The van der Waals surface area contributed by atoms with E-state index < -0.39 is 5.79 Å². The Bertz CT molecular complexity index is 179. The Morgan fingerprint density at radius 1 is 1.55 bits per heavy atom. The third-order valence-electron chi connectivity index (χ3n) is 2.23. The first-order valence-corrected chi connectivity index (χ1v) is 4.03. The highest BCUT2D eigenvalue weighted by atomic mass is 16.8. The van der Waals surface area contributed by atoms with E-state index >= 15 is 0 Å². The maximum absolute atomic E-state index is 7.68. The molecular weight excluding hydrogens is 142 g/mol. The molecular formula is C8H15NO2. The molecule has 3 heteroatoms. The SMILES string of the molecule is [3H]C1C[C@@H](N)[C@@H]2OC(C)(C)O[C@H]12. The van der Waals surface area contributed by atoms with Crippen LogP contribution in [0.3, 0.4) is 0 Å². The quantitative estimate of drug-likeness (QED) is 0.563. The second-order valence-electron chi connectivity index (χ2n) is 3.70. The van der Waals surface area contributed by atoms with Gasteiger partial charge in [0.15, 0.2) is 5.79 Å². The van der Waals surface area contributed by atoms with Crippen LogP contribution in [0.15, 0.2) is 0 Å². The fraction of sp³-hybridized carbons (Fsp3) is 1.00. The van der Waals surface area contributed by atoms with Crippen molar-refractivity contribution in [3.8, 4) is 0 Å². The number of rotatable bonds is 0. The van der Waals surface area contributed by atoms with Crippen LogP contribution in [-0.4, -0.2) is 24.0 Å². The molecule has 1 heterocycles. The minimum atomic E-state index is -0.549. The van der Waals surface area contributed by atoms with Gasteiger partial charge >= 0.3 is 0 Å². The molecule has 1 unspecified atom stereocenters. The molecule has 0 amide bonds. The third-order valence-corrected chi connectivity index (χ3v) is 2.23. The number of nitrogens with two attached hydrogens (primary N) is 1. The zero-order valence-corrected chi connectivity index (χ0v) is 6.91. The van der Waals surface area contributed by atoms with Gasteiger partial charge in [-0.05, 0) is 26.7 Å². The molecule has 2 fully saturated rings. The second kappa shape index (κ2) is 2.19. The van der Waals surface area contributed by atoms with Crippen molar-refractivity contribution in [2.24, 2.45) is 5.73 Å². The lowest BCUT2D eigenvalue weighted by Gasteiger charge is -2.19. The summed E-state index contributed by atoms with van der Waals surface area (Å²) in [6.07, 6.45) is 0.287. The summed E-state index contributed by atoms with van der Waals surface area (Å²) in [7, 11) is 0. The van der Waals surface area contributed by atoms with Crippen LogP contribution in [0, 0.1) is 0 Å². The van der Waals surface area contributed by atoms with E-state index in [1.54, 1.807) is 0 Å². The Kier molecular flexibility index (Phi) is 1.27. The number of ether oxygens (including phenoxy) is 2. The van der Waals surface area contributed by atoms with Crippen LogP contribution in [-0.2, 0) is 9.47 Å². The van der Waals surface area contributed by atoms with Crippen molar-refractivity contribution >= 4 is 0 Å². The highest BCUT2D eigenvalue weighted by Gasteiger charge is 2.47. The van der Waals surface area contributed by atoms with Crippen molar-refractivity contribution in [2.75, 3.05) is 0 Å². The van der Waals surface area contributed by atoms with E-state index in [2.05, 4.69) is 0 Å². The molecule has 1 aliphatic carbocycles. The van der Waals surface area contributed by atoms with Crippen LogP contribution in [0.25, 0.3) is 0 Å². The Balaban J connectivity index is 2.15. The summed E-state index contributed by atoms with van der Waals surface area (Å²) in [6.45, 7) is 3.73. The van der Waals surface area contributed by atoms with E-state index in [-0.39, 0.29) is 24.6 Å². The predicted molar refractivity (Wildman–Crippen MR) is 41.0 cm³/mol.